The van der Waals surface area contributed by atoms with Crippen LogP contribution in [0.25, 0.3) is 0 Å². The molecule has 0 spiro atoms. The molecule has 6 nitrogen and oxygen atoms in total. The fourth-order valence-electron chi connectivity index (χ4n) is 2.72. The van der Waals surface area contributed by atoms with E-state index >= 15 is 0 Å². The molecule has 142 valence electrons. The molecule has 1 aromatic heterocycles. The Kier molecular flexibility index (Phi) is 6.01. The van der Waals surface area contributed by atoms with E-state index in [1.54, 1.807) is 36.5 Å². The first-order valence-corrected chi connectivity index (χ1v) is 8.81. The van der Waals surface area contributed by atoms with E-state index in [2.05, 4.69) is 15.6 Å². The maximum absolute atomic E-state index is 12.2. The van der Waals surface area contributed by atoms with Crippen LogP contribution in [0, 0.1) is 6.92 Å². The molecule has 1 heterocycles. The van der Waals surface area contributed by atoms with Gasteiger partial charge in [-0.05, 0) is 48.4 Å². The third-order valence-electron chi connectivity index (χ3n) is 4.22. The Hall–Kier alpha value is -3.67. The van der Waals surface area contributed by atoms with E-state index in [0.29, 0.717) is 29.2 Å². The van der Waals surface area contributed by atoms with Crippen LogP contribution >= 0.6 is 0 Å². The summed E-state index contributed by atoms with van der Waals surface area (Å²) < 4.78 is 4.72. The highest BCUT2D eigenvalue weighted by atomic mass is 16.5. The second-order valence-corrected chi connectivity index (χ2v) is 6.28. The number of aryl methyl sites for hydroxylation is 1. The number of nitrogens with zero attached hydrogens (tertiary/aromatic N) is 1. The molecule has 0 unspecified atom stereocenters. The van der Waals surface area contributed by atoms with Gasteiger partial charge in [-0.3, -0.25) is 4.79 Å². The predicted molar refractivity (Wildman–Crippen MR) is 109 cm³/mol. The van der Waals surface area contributed by atoms with Gasteiger partial charge in [0, 0.05) is 5.69 Å². The van der Waals surface area contributed by atoms with Gasteiger partial charge in [0.2, 0.25) is 5.91 Å². The van der Waals surface area contributed by atoms with Gasteiger partial charge in [0.25, 0.3) is 0 Å². The van der Waals surface area contributed by atoms with Gasteiger partial charge < -0.3 is 15.4 Å². The van der Waals surface area contributed by atoms with Gasteiger partial charge in [0.15, 0.2) is 0 Å². The molecule has 6 heteroatoms. The summed E-state index contributed by atoms with van der Waals surface area (Å²) in [6.07, 6.45) is 1.90. The SMILES string of the molecule is COC(=O)c1cccc(Nc2ccc(NC(=O)Cc3ccccc3C)cn2)c1. The van der Waals surface area contributed by atoms with Gasteiger partial charge in [-0.1, -0.05) is 30.3 Å². The summed E-state index contributed by atoms with van der Waals surface area (Å²) in [5.41, 5.74) is 3.87. The van der Waals surface area contributed by atoms with Crippen molar-refractivity contribution in [2.45, 2.75) is 13.3 Å². The minimum absolute atomic E-state index is 0.0948. The Morgan fingerprint density at radius 3 is 2.54 bits per heavy atom. The summed E-state index contributed by atoms with van der Waals surface area (Å²) in [6, 6.07) is 18.3. The highest BCUT2D eigenvalue weighted by molar-refractivity contribution is 5.92. The van der Waals surface area contributed by atoms with E-state index in [1.165, 1.54) is 7.11 Å². The lowest BCUT2D eigenvalue weighted by Gasteiger charge is -2.09. The molecule has 1 amide bonds. The Bertz CT molecular complexity index is 984. The highest BCUT2D eigenvalue weighted by Gasteiger charge is 2.08. The van der Waals surface area contributed by atoms with E-state index in [4.69, 9.17) is 4.74 Å². The number of hydrogen-bond donors (Lipinski definition) is 2. The molecule has 0 aliphatic rings. The first kappa shape index (κ1) is 19.1. The van der Waals surface area contributed by atoms with Crippen LogP contribution in [0.1, 0.15) is 21.5 Å². The number of amides is 1. The number of anilines is 3. The van der Waals surface area contributed by atoms with Crippen molar-refractivity contribution in [1.82, 2.24) is 4.98 Å². The smallest absolute Gasteiger partial charge is 0.337 e. The molecule has 28 heavy (non-hydrogen) atoms. The molecule has 0 bridgehead atoms. The summed E-state index contributed by atoms with van der Waals surface area (Å²) >= 11 is 0. The number of esters is 1. The van der Waals surface area contributed by atoms with Crippen molar-refractivity contribution in [3.05, 3.63) is 83.6 Å². The van der Waals surface area contributed by atoms with E-state index in [9.17, 15) is 9.59 Å². The number of carbonyl (C=O) groups is 2. The highest BCUT2D eigenvalue weighted by Crippen LogP contribution is 2.18. The molecule has 2 aromatic carbocycles. The van der Waals surface area contributed by atoms with Crippen LogP contribution in [0.15, 0.2) is 66.9 Å². The first-order chi connectivity index (χ1) is 13.5. The molecule has 2 N–H and O–H groups in total. The number of pyridine rings is 1. The zero-order valence-corrected chi connectivity index (χ0v) is 15.7. The summed E-state index contributed by atoms with van der Waals surface area (Å²) in [5, 5.41) is 5.97. The summed E-state index contributed by atoms with van der Waals surface area (Å²) in [6.45, 7) is 1.99. The van der Waals surface area contributed by atoms with Crippen molar-refractivity contribution < 1.29 is 14.3 Å². The van der Waals surface area contributed by atoms with Crippen molar-refractivity contribution in [3.8, 4) is 0 Å². The largest absolute Gasteiger partial charge is 0.465 e. The molecular formula is C22H21N3O3. The lowest BCUT2D eigenvalue weighted by molar-refractivity contribution is -0.115. The second kappa shape index (κ2) is 8.81. The number of methoxy groups -OCH3 is 1. The van der Waals surface area contributed by atoms with Crippen LogP contribution in [0.2, 0.25) is 0 Å². The average Bonchev–Trinajstić information content (AvgIpc) is 2.71. The maximum Gasteiger partial charge on any atom is 0.337 e. The molecular weight excluding hydrogens is 354 g/mol. The van der Waals surface area contributed by atoms with Crippen LogP contribution in [-0.2, 0) is 16.0 Å². The zero-order valence-electron chi connectivity index (χ0n) is 15.7. The molecule has 0 saturated heterocycles. The number of aromatic nitrogens is 1. The molecule has 0 fully saturated rings. The molecule has 0 radical (unpaired) electrons. The zero-order chi connectivity index (χ0) is 19.9. The topological polar surface area (TPSA) is 80.3 Å². The third kappa shape index (κ3) is 4.94. The van der Waals surface area contributed by atoms with Crippen LogP contribution < -0.4 is 10.6 Å². The fourth-order valence-corrected chi connectivity index (χ4v) is 2.72. The van der Waals surface area contributed by atoms with E-state index in [-0.39, 0.29) is 5.91 Å². The standard InChI is InChI=1S/C22H21N3O3/c1-15-6-3-4-7-16(15)13-21(26)25-19-10-11-20(23-14-19)24-18-9-5-8-17(12-18)22(27)28-2/h3-12,14H,13H2,1-2H3,(H,23,24)(H,25,26). The van der Waals surface area contributed by atoms with Gasteiger partial charge in [-0.2, -0.15) is 0 Å². The molecule has 0 aliphatic carbocycles. The van der Waals surface area contributed by atoms with Gasteiger partial charge in [0.1, 0.15) is 5.82 Å². The lowest BCUT2D eigenvalue weighted by atomic mass is 10.1. The van der Waals surface area contributed by atoms with Gasteiger partial charge in [0.05, 0.1) is 31.0 Å². The number of carbonyl (C=O) groups excluding carboxylic acids is 2. The van der Waals surface area contributed by atoms with E-state index < -0.39 is 5.97 Å². The van der Waals surface area contributed by atoms with Gasteiger partial charge in [-0.25, -0.2) is 9.78 Å². The number of nitrogens with one attached hydrogen (secondary N) is 2. The Morgan fingerprint density at radius 2 is 1.82 bits per heavy atom. The summed E-state index contributed by atoms with van der Waals surface area (Å²) in [5.74, 6) is 0.102. The van der Waals surface area contributed by atoms with E-state index in [0.717, 1.165) is 11.1 Å². The maximum atomic E-state index is 12.2. The number of rotatable bonds is 6. The quantitative estimate of drug-likeness (QED) is 0.634. The normalized spacial score (nSPS) is 10.2. The third-order valence-corrected chi connectivity index (χ3v) is 4.22. The van der Waals surface area contributed by atoms with Gasteiger partial charge in [-0.15, -0.1) is 0 Å². The first-order valence-electron chi connectivity index (χ1n) is 8.81. The van der Waals surface area contributed by atoms with Crippen molar-refractivity contribution in [1.29, 1.82) is 0 Å². The predicted octanol–water partition coefficient (Wildman–Crippen LogP) is 4.10. The van der Waals surface area contributed by atoms with Crippen molar-refractivity contribution in [2.24, 2.45) is 0 Å². The number of ether oxygens (including phenoxy) is 1. The van der Waals surface area contributed by atoms with Crippen LogP contribution in [0.3, 0.4) is 0 Å². The van der Waals surface area contributed by atoms with Crippen molar-refractivity contribution in [2.75, 3.05) is 17.7 Å². The van der Waals surface area contributed by atoms with Crippen LogP contribution in [-0.4, -0.2) is 24.0 Å². The minimum Gasteiger partial charge on any atom is -0.465 e. The second-order valence-electron chi connectivity index (χ2n) is 6.28. The molecule has 0 aliphatic heterocycles. The monoisotopic (exact) mass is 375 g/mol. The summed E-state index contributed by atoms with van der Waals surface area (Å²) in [7, 11) is 1.34. The van der Waals surface area contributed by atoms with Crippen LogP contribution in [0.4, 0.5) is 17.2 Å². The van der Waals surface area contributed by atoms with Crippen molar-refractivity contribution >= 4 is 29.1 Å². The van der Waals surface area contributed by atoms with Crippen LogP contribution in [0.5, 0.6) is 0 Å². The fraction of sp³-hybridized carbons (Fsp3) is 0.136. The minimum atomic E-state index is -0.400. The summed E-state index contributed by atoms with van der Waals surface area (Å²) in [4.78, 5) is 28.2. The Balaban J connectivity index is 1.61. The Labute approximate surface area is 163 Å². The number of hydrogen-bond acceptors (Lipinski definition) is 5. The Morgan fingerprint density at radius 1 is 1.00 bits per heavy atom. The molecule has 0 saturated carbocycles. The number of benzene rings is 2. The lowest BCUT2D eigenvalue weighted by Crippen LogP contribution is -2.15. The average molecular weight is 375 g/mol. The molecule has 0 atom stereocenters. The molecule has 3 rings (SSSR count). The van der Waals surface area contributed by atoms with Gasteiger partial charge >= 0.3 is 5.97 Å². The molecule has 3 aromatic rings. The van der Waals surface area contributed by atoms with E-state index in [1.807, 2.05) is 37.3 Å². The van der Waals surface area contributed by atoms with Crippen molar-refractivity contribution in [3.63, 3.8) is 0 Å².